The summed E-state index contributed by atoms with van der Waals surface area (Å²) in [6.07, 6.45) is 0.113. The van der Waals surface area contributed by atoms with Gasteiger partial charge in [-0.15, -0.1) is 0 Å². The Morgan fingerprint density at radius 3 is 2.03 bits per heavy atom. The van der Waals surface area contributed by atoms with E-state index in [1.165, 1.54) is 18.2 Å². The van der Waals surface area contributed by atoms with E-state index in [1.54, 1.807) is 24.3 Å². The van der Waals surface area contributed by atoms with Crippen molar-refractivity contribution in [2.45, 2.75) is 12.5 Å². The van der Waals surface area contributed by atoms with E-state index >= 15 is 0 Å². The SMILES string of the molecule is O=C1NC(=O)c2cc(NC(=O)C(Cc3ccccc3)N3C(=O)c4ccccc4C3=O)ccc21. The van der Waals surface area contributed by atoms with Crippen LogP contribution >= 0.6 is 0 Å². The van der Waals surface area contributed by atoms with Crippen LogP contribution in [0.5, 0.6) is 0 Å². The zero-order valence-electron chi connectivity index (χ0n) is 17.2. The number of fused-ring (bicyclic) bond motifs is 2. The quantitative estimate of drug-likeness (QED) is 0.593. The molecule has 2 aliphatic rings. The van der Waals surface area contributed by atoms with Crippen LogP contribution in [0.2, 0.25) is 0 Å². The number of amides is 5. The first-order chi connectivity index (χ1) is 15.9. The van der Waals surface area contributed by atoms with Gasteiger partial charge < -0.3 is 5.32 Å². The van der Waals surface area contributed by atoms with Crippen molar-refractivity contribution in [3.8, 4) is 0 Å². The Morgan fingerprint density at radius 1 is 0.758 bits per heavy atom. The normalized spacial score (nSPS) is 15.2. The van der Waals surface area contributed by atoms with Crippen LogP contribution in [0.1, 0.15) is 47.0 Å². The summed E-state index contributed by atoms with van der Waals surface area (Å²) in [6.45, 7) is 0. The number of nitrogens with zero attached hydrogens (tertiary/aromatic N) is 1. The highest BCUT2D eigenvalue weighted by molar-refractivity contribution is 6.24. The van der Waals surface area contributed by atoms with Gasteiger partial charge in [-0.2, -0.15) is 0 Å². The van der Waals surface area contributed by atoms with Crippen LogP contribution in [0.4, 0.5) is 5.69 Å². The summed E-state index contributed by atoms with van der Waals surface area (Å²) in [5.74, 6) is -2.71. The van der Waals surface area contributed by atoms with Crippen molar-refractivity contribution in [1.82, 2.24) is 10.2 Å². The molecule has 1 unspecified atom stereocenters. The fourth-order valence-corrected chi connectivity index (χ4v) is 4.10. The van der Waals surface area contributed by atoms with Crippen molar-refractivity contribution in [2.24, 2.45) is 0 Å². The zero-order chi connectivity index (χ0) is 23.1. The van der Waals surface area contributed by atoms with Gasteiger partial charge in [0.2, 0.25) is 5.91 Å². The third kappa shape index (κ3) is 3.47. The fraction of sp³-hybridized carbons (Fsp3) is 0.0800. The topological polar surface area (TPSA) is 113 Å². The van der Waals surface area contributed by atoms with Crippen LogP contribution in [0.25, 0.3) is 0 Å². The van der Waals surface area contributed by atoms with Gasteiger partial charge in [0, 0.05) is 12.1 Å². The summed E-state index contributed by atoms with van der Waals surface area (Å²) in [7, 11) is 0. The van der Waals surface area contributed by atoms with E-state index < -0.39 is 35.6 Å². The fourth-order valence-electron chi connectivity index (χ4n) is 4.10. The van der Waals surface area contributed by atoms with Crippen LogP contribution in [0, 0.1) is 0 Å². The van der Waals surface area contributed by atoms with Gasteiger partial charge in [-0.3, -0.25) is 34.2 Å². The Kier molecular flexibility index (Phi) is 4.82. The maximum Gasteiger partial charge on any atom is 0.262 e. The summed E-state index contributed by atoms with van der Waals surface area (Å²) in [4.78, 5) is 64.2. The second-order valence-corrected chi connectivity index (χ2v) is 7.76. The minimum absolute atomic E-state index is 0.113. The largest absolute Gasteiger partial charge is 0.324 e. The molecule has 1 atom stereocenters. The molecule has 5 amide bonds. The minimum atomic E-state index is -1.12. The van der Waals surface area contributed by atoms with Crippen LogP contribution in [0.3, 0.4) is 0 Å². The molecule has 0 saturated carbocycles. The Bertz CT molecular complexity index is 1310. The molecule has 2 heterocycles. The predicted molar refractivity (Wildman–Crippen MR) is 118 cm³/mol. The monoisotopic (exact) mass is 439 g/mol. The standard InChI is InChI=1S/C25H17N3O5/c29-21-16-11-10-15(13-19(16)22(30)27-21)26-23(31)20(12-14-6-2-1-3-7-14)28-24(32)17-8-4-5-9-18(17)25(28)33/h1-11,13,20H,12H2,(H,26,31)(H,27,29,30). The zero-order valence-corrected chi connectivity index (χ0v) is 17.2. The van der Waals surface area contributed by atoms with E-state index in [9.17, 15) is 24.0 Å². The van der Waals surface area contributed by atoms with Crippen molar-refractivity contribution < 1.29 is 24.0 Å². The van der Waals surface area contributed by atoms with Crippen molar-refractivity contribution >= 4 is 35.2 Å². The second-order valence-electron chi connectivity index (χ2n) is 7.76. The molecule has 8 heteroatoms. The van der Waals surface area contributed by atoms with Gasteiger partial charge in [-0.1, -0.05) is 42.5 Å². The third-order valence-corrected chi connectivity index (χ3v) is 5.72. The molecule has 0 saturated heterocycles. The summed E-state index contributed by atoms with van der Waals surface area (Å²) in [6, 6.07) is 18.7. The van der Waals surface area contributed by atoms with Crippen LogP contribution in [0.15, 0.2) is 72.8 Å². The number of benzene rings is 3. The average Bonchev–Trinajstić information content (AvgIpc) is 3.25. The van der Waals surface area contributed by atoms with Crippen molar-refractivity contribution in [3.05, 3.63) is 101 Å². The second kappa shape index (κ2) is 7.83. The van der Waals surface area contributed by atoms with Gasteiger partial charge in [-0.05, 0) is 35.9 Å². The Morgan fingerprint density at radius 2 is 1.36 bits per heavy atom. The molecule has 5 rings (SSSR count). The maximum atomic E-state index is 13.4. The number of carbonyl (C=O) groups excluding carboxylic acids is 5. The number of anilines is 1. The summed E-state index contributed by atoms with van der Waals surface area (Å²) in [5, 5.41) is 4.89. The molecule has 0 spiro atoms. The van der Waals surface area contributed by atoms with E-state index in [4.69, 9.17) is 0 Å². The molecule has 3 aromatic rings. The van der Waals surface area contributed by atoms with E-state index in [-0.39, 0.29) is 34.4 Å². The molecule has 162 valence electrons. The van der Waals surface area contributed by atoms with Crippen molar-refractivity contribution in [3.63, 3.8) is 0 Å². The Hall–Kier alpha value is -4.59. The van der Waals surface area contributed by atoms with Crippen LogP contribution in [-0.4, -0.2) is 40.5 Å². The van der Waals surface area contributed by atoms with Gasteiger partial charge in [0.1, 0.15) is 6.04 Å². The Labute approximate surface area is 188 Å². The molecule has 3 aromatic carbocycles. The molecule has 0 aromatic heterocycles. The van der Waals surface area contributed by atoms with E-state index in [2.05, 4.69) is 10.6 Å². The van der Waals surface area contributed by atoms with Crippen molar-refractivity contribution in [1.29, 1.82) is 0 Å². The minimum Gasteiger partial charge on any atom is -0.324 e. The van der Waals surface area contributed by atoms with Gasteiger partial charge in [-0.25, -0.2) is 0 Å². The van der Waals surface area contributed by atoms with Crippen molar-refractivity contribution in [2.75, 3.05) is 5.32 Å². The summed E-state index contributed by atoms with van der Waals surface area (Å²) in [5.41, 5.74) is 1.92. The molecule has 2 aliphatic heterocycles. The number of carbonyl (C=O) groups is 5. The lowest BCUT2D eigenvalue weighted by molar-refractivity contribution is -0.119. The van der Waals surface area contributed by atoms with E-state index in [0.29, 0.717) is 0 Å². The smallest absolute Gasteiger partial charge is 0.262 e. The van der Waals surface area contributed by atoms with Crippen LogP contribution < -0.4 is 10.6 Å². The predicted octanol–water partition coefficient (Wildman–Crippen LogP) is 2.42. The first-order valence-electron chi connectivity index (χ1n) is 10.3. The first kappa shape index (κ1) is 20.3. The van der Waals surface area contributed by atoms with Gasteiger partial charge in [0.25, 0.3) is 23.6 Å². The molecule has 8 nitrogen and oxygen atoms in total. The lowest BCUT2D eigenvalue weighted by Crippen LogP contribution is -2.48. The lowest BCUT2D eigenvalue weighted by atomic mass is 10.0. The number of rotatable bonds is 5. The van der Waals surface area contributed by atoms with Gasteiger partial charge in [0.15, 0.2) is 0 Å². The number of hydrogen-bond acceptors (Lipinski definition) is 5. The highest BCUT2D eigenvalue weighted by Gasteiger charge is 2.42. The average molecular weight is 439 g/mol. The number of imide groups is 2. The third-order valence-electron chi connectivity index (χ3n) is 5.72. The van der Waals surface area contributed by atoms with Gasteiger partial charge >= 0.3 is 0 Å². The van der Waals surface area contributed by atoms with E-state index in [0.717, 1.165) is 10.5 Å². The molecular formula is C25H17N3O5. The lowest BCUT2D eigenvalue weighted by Gasteiger charge is -2.25. The number of nitrogens with one attached hydrogen (secondary N) is 2. The molecule has 0 bridgehead atoms. The molecule has 0 fully saturated rings. The molecular weight excluding hydrogens is 422 g/mol. The first-order valence-corrected chi connectivity index (χ1v) is 10.3. The van der Waals surface area contributed by atoms with Crippen LogP contribution in [-0.2, 0) is 11.2 Å². The number of hydrogen-bond donors (Lipinski definition) is 2. The summed E-state index contributed by atoms with van der Waals surface area (Å²) >= 11 is 0. The molecule has 33 heavy (non-hydrogen) atoms. The maximum absolute atomic E-state index is 13.4. The summed E-state index contributed by atoms with van der Waals surface area (Å²) < 4.78 is 0. The molecule has 0 aliphatic carbocycles. The molecule has 0 radical (unpaired) electrons. The Balaban J connectivity index is 1.48. The highest BCUT2D eigenvalue weighted by atomic mass is 16.2. The molecule has 2 N–H and O–H groups in total. The highest BCUT2D eigenvalue weighted by Crippen LogP contribution is 2.27. The van der Waals surface area contributed by atoms with Gasteiger partial charge in [0.05, 0.1) is 22.3 Å². The van der Waals surface area contributed by atoms with E-state index in [1.807, 2.05) is 30.3 Å².